The van der Waals surface area contributed by atoms with Gasteiger partial charge in [-0.3, -0.25) is 4.79 Å². The molecule has 1 aromatic carbocycles. The third-order valence-corrected chi connectivity index (χ3v) is 3.11. The first-order valence-electron chi connectivity index (χ1n) is 5.66. The van der Waals surface area contributed by atoms with Crippen LogP contribution in [0.5, 0.6) is 0 Å². The van der Waals surface area contributed by atoms with Gasteiger partial charge in [-0.1, -0.05) is 42.1 Å². The van der Waals surface area contributed by atoms with E-state index in [1.54, 1.807) is 0 Å². The molecule has 0 radical (unpaired) electrons. The van der Waals surface area contributed by atoms with E-state index in [1.807, 2.05) is 30.3 Å². The summed E-state index contributed by atoms with van der Waals surface area (Å²) in [4.78, 5) is 11.5. The van der Waals surface area contributed by atoms with E-state index in [4.69, 9.17) is 5.73 Å². The second-order valence-corrected chi connectivity index (χ2v) is 5.05. The van der Waals surface area contributed by atoms with Gasteiger partial charge in [-0.15, -0.1) is 12.4 Å². The van der Waals surface area contributed by atoms with Crippen LogP contribution in [0.3, 0.4) is 0 Å². The number of nitrogens with two attached hydrogens (primary N) is 1. The fourth-order valence-corrected chi connectivity index (χ4v) is 1.95. The van der Waals surface area contributed by atoms with Gasteiger partial charge in [0, 0.05) is 12.3 Å². The van der Waals surface area contributed by atoms with E-state index in [9.17, 15) is 18.0 Å². The van der Waals surface area contributed by atoms with Crippen LogP contribution in [0.1, 0.15) is 12.0 Å². The predicted molar refractivity (Wildman–Crippen MR) is 76.6 cm³/mol. The van der Waals surface area contributed by atoms with Crippen LogP contribution in [0.4, 0.5) is 13.2 Å². The first-order chi connectivity index (χ1) is 8.88. The Bertz CT molecular complexity index is 403. The van der Waals surface area contributed by atoms with E-state index in [2.05, 4.69) is 5.32 Å². The van der Waals surface area contributed by atoms with Crippen molar-refractivity contribution in [2.24, 2.45) is 5.73 Å². The van der Waals surface area contributed by atoms with Crippen molar-refractivity contribution in [1.82, 2.24) is 5.32 Å². The van der Waals surface area contributed by atoms with Crippen LogP contribution in [0.25, 0.3) is 0 Å². The lowest BCUT2D eigenvalue weighted by atomic mass is 10.2. The highest BCUT2D eigenvalue weighted by Crippen LogP contribution is 2.30. The summed E-state index contributed by atoms with van der Waals surface area (Å²) in [5.41, 5.74) is 2.15. The van der Waals surface area contributed by atoms with Crippen LogP contribution in [0, 0.1) is 0 Å². The third-order valence-electron chi connectivity index (χ3n) is 2.34. The van der Waals surface area contributed by atoms with Crippen molar-refractivity contribution in [2.45, 2.75) is 24.5 Å². The molecule has 0 fully saturated rings. The van der Waals surface area contributed by atoms with Crippen molar-refractivity contribution in [3.63, 3.8) is 0 Å². The number of amides is 1. The molecule has 3 N–H and O–H groups in total. The molecule has 0 spiro atoms. The summed E-state index contributed by atoms with van der Waals surface area (Å²) < 4.78 is 35.7. The van der Waals surface area contributed by atoms with E-state index in [1.165, 1.54) is 0 Å². The number of nitrogens with one attached hydrogen (secondary N) is 1. The number of carbonyl (C=O) groups excluding carboxylic acids is 1. The molecule has 0 aliphatic rings. The van der Waals surface area contributed by atoms with Crippen molar-refractivity contribution >= 4 is 30.1 Å². The van der Waals surface area contributed by atoms with Gasteiger partial charge in [-0.2, -0.15) is 13.2 Å². The fraction of sp³-hybridized carbons (Fsp3) is 0.417. The van der Waals surface area contributed by atoms with Gasteiger partial charge in [0.25, 0.3) is 0 Å². The lowest BCUT2D eigenvalue weighted by Gasteiger charge is -2.12. The first-order valence-corrected chi connectivity index (χ1v) is 6.65. The lowest BCUT2D eigenvalue weighted by Crippen LogP contribution is -2.40. The molecule has 0 aromatic heterocycles. The highest BCUT2D eigenvalue weighted by molar-refractivity contribution is 8.00. The molecule has 0 heterocycles. The van der Waals surface area contributed by atoms with E-state index < -0.39 is 17.5 Å². The van der Waals surface area contributed by atoms with Crippen molar-refractivity contribution in [1.29, 1.82) is 0 Å². The summed E-state index contributed by atoms with van der Waals surface area (Å²) in [6.07, 6.45) is -0.00913. The summed E-state index contributed by atoms with van der Waals surface area (Å²) >= 11 is -0.166. The highest BCUT2D eigenvalue weighted by atomic mass is 35.5. The van der Waals surface area contributed by atoms with Gasteiger partial charge in [0.1, 0.15) is 0 Å². The highest BCUT2D eigenvalue weighted by Gasteiger charge is 2.28. The summed E-state index contributed by atoms with van der Waals surface area (Å²) in [6, 6.07) is 8.28. The summed E-state index contributed by atoms with van der Waals surface area (Å²) in [6.45, 7) is 0.319. The number of benzene rings is 1. The quantitative estimate of drug-likeness (QED) is 0.844. The molecule has 8 heteroatoms. The predicted octanol–water partition coefficient (Wildman–Crippen LogP) is 2.70. The first kappa shape index (κ1) is 19.1. The van der Waals surface area contributed by atoms with Gasteiger partial charge in [-0.05, 0) is 12.0 Å². The average molecular weight is 329 g/mol. The maximum atomic E-state index is 11.9. The Labute approximate surface area is 125 Å². The second kappa shape index (κ2) is 9.10. The van der Waals surface area contributed by atoms with Gasteiger partial charge in [0.05, 0.1) is 6.04 Å². The molecular formula is C12H16ClF3N2OS. The number of rotatable bonds is 6. The van der Waals surface area contributed by atoms with E-state index in [-0.39, 0.29) is 36.3 Å². The lowest BCUT2D eigenvalue weighted by molar-refractivity contribution is -0.122. The third kappa shape index (κ3) is 8.29. The number of carbonyl (C=O) groups is 1. The molecule has 1 rings (SSSR count). The van der Waals surface area contributed by atoms with Gasteiger partial charge < -0.3 is 11.1 Å². The standard InChI is InChI=1S/C12H15F3N2OS.ClH/c13-12(14,15)19-7-6-10(16)11(18)17-8-9-4-2-1-3-5-9;/h1-5,10H,6-8,16H2,(H,17,18);1H. The van der Waals surface area contributed by atoms with Crippen LogP contribution >= 0.6 is 24.2 Å². The maximum Gasteiger partial charge on any atom is 0.441 e. The molecule has 0 aliphatic heterocycles. The molecule has 1 aromatic rings. The summed E-state index contributed by atoms with van der Waals surface area (Å²) in [5, 5.41) is 2.59. The van der Waals surface area contributed by atoms with Crippen molar-refractivity contribution in [3.05, 3.63) is 35.9 Å². The monoisotopic (exact) mass is 328 g/mol. The largest absolute Gasteiger partial charge is 0.441 e. The molecule has 1 atom stereocenters. The number of alkyl halides is 3. The SMILES string of the molecule is Cl.NC(CCSC(F)(F)F)C(=O)NCc1ccccc1. The second-order valence-electron chi connectivity index (χ2n) is 3.89. The fourth-order valence-electron chi connectivity index (χ4n) is 1.35. The summed E-state index contributed by atoms with van der Waals surface area (Å²) in [7, 11) is 0. The van der Waals surface area contributed by atoms with Crippen molar-refractivity contribution in [3.8, 4) is 0 Å². The molecule has 3 nitrogen and oxygen atoms in total. The number of halogens is 4. The topological polar surface area (TPSA) is 55.1 Å². The van der Waals surface area contributed by atoms with E-state index >= 15 is 0 Å². The zero-order valence-corrected chi connectivity index (χ0v) is 12.2. The van der Waals surface area contributed by atoms with Gasteiger partial charge in [0.15, 0.2) is 0 Å². The molecule has 0 aliphatic carbocycles. The zero-order valence-electron chi connectivity index (χ0n) is 10.5. The smallest absolute Gasteiger partial charge is 0.351 e. The van der Waals surface area contributed by atoms with Crippen LogP contribution in [-0.4, -0.2) is 23.2 Å². The van der Waals surface area contributed by atoms with E-state index in [0.717, 1.165) is 5.56 Å². The van der Waals surface area contributed by atoms with E-state index in [0.29, 0.717) is 6.54 Å². The van der Waals surface area contributed by atoms with Crippen LogP contribution in [0.15, 0.2) is 30.3 Å². The number of hydrogen-bond donors (Lipinski definition) is 2. The minimum Gasteiger partial charge on any atom is -0.351 e. The van der Waals surface area contributed by atoms with Gasteiger partial charge in [0.2, 0.25) is 5.91 Å². The Morgan fingerprint density at radius 1 is 1.30 bits per heavy atom. The molecule has 114 valence electrons. The normalized spacial score (nSPS) is 12.4. The van der Waals surface area contributed by atoms with Crippen molar-refractivity contribution < 1.29 is 18.0 Å². The number of hydrogen-bond acceptors (Lipinski definition) is 3. The number of thioether (sulfide) groups is 1. The molecule has 0 bridgehead atoms. The van der Waals surface area contributed by atoms with Gasteiger partial charge >= 0.3 is 5.51 Å². The minimum absolute atomic E-state index is 0. The van der Waals surface area contributed by atoms with Crippen LogP contribution in [-0.2, 0) is 11.3 Å². The van der Waals surface area contributed by atoms with Crippen molar-refractivity contribution in [2.75, 3.05) is 5.75 Å². The Hall–Kier alpha value is -0.920. The molecule has 0 saturated carbocycles. The molecule has 1 amide bonds. The molecule has 0 saturated heterocycles. The summed E-state index contributed by atoms with van der Waals surface area (Å²) in [5.74, 6) is -0.657. The molecular weight excluding hydrogens is 313 g/mol. The van der Waals surface area contributed by atoms with Gasteiger partial charge in [-0.25, -0.2) is 0 Å². The Balaban J connectivity index is 0.00000361. The Morgan fingerprint density at radius 2 is 1.90 bits per heavy atom. The minimum atomic E-state index is -4.28. The molecule has 20 heavy (non-hydrogen) atoms. The average Bonchev–Trinajstić information content (AvgIpc) is 2.35. The Morgan fingerprint density at radius 3 is 2.45 bits per heavy atom. The molecule has 1 unspecified atom stereocenters. The van der Waals surface area contributed by atoms with Crippen LogP contribution in [0.2, 0.25) is 0 Å². The zero-order chi connectivity index (χ0) is 14.3. The Kier molecular flexibility index (Phi) is 8.68. The maximum absolute atomic E-state index is 11.9. The van der Waals surface area contributed by atoms with Crippen LogP contribution < -0.4 is 11.1 Å².